The number of alkyl halides is 3. The van der Waals surface area contributed by atoms with Gasteiger partial charge in [0.1, 0.15) is 0 Å². The van der Waals surface area contributed by atoms with E-state index < -0.39 is 17.7 Å². The van der Waals surface area contributed by atoms with Gasteiger partial charge in [0.15, 0.2) is 0 Å². The van der Waals surface area contributed by atoms with Gasteiger partial charge in [-0.3, -0.25) is 4.79 Å². The van der Waals surface area contributed by atoms with Gasteiger partial charge in [0, 0.05) is 18.7 Å². The molecule has 0 bridgehead atoms. The van der Waals surface area contributed by atoms with Crippen LogP contribution in [0.15, 0.2) is 36.4 Å². The molecule has 122 valence electrons. The van der Waals surface area contributed by atoms with Gasteiger partial charge in [-0.25, -0.2) is 0 Å². The van der Waals surface area contributed by atoms with Crippen LogP contribution in [0.25, 0.3) is 5.57 Å². The van der Waals surface area contributed by atoms with Crippen molar-refractivity contribution in [2.24, 2.45) is 5.92 Å². The summed E-state index contributed by atoms with van der Waals surface area (Å²) >= 11 is 0. The fourth-order valence-electron chi connectivity index (χ4n) is 2.01. The topological polar surface area (TPSA) is 49.3 Å². The lowest BCUT2D eigenvalue weighted by Crippen LogP contribution is -2.38. The molecule has 0 aromatic heterocycles. The molecule has 0 heterocycles. The molecule has 0 aliphatic heterocycles. The standard InChI is InChI=1S/C16H20F3NO2/c1-11(2)14(8-9-21)20-15(22)10-13(16(17,18)19)12-6-4-3-5-7-12/h3-7,10-11,14,21H,8-9H2,1-2H3,(H,20,22)/b13-10-. The molecule has 1 amide bonds. The summed E-state index contributed by atoms with van der Waals surface area (Å²) in [6.07, 6.45) is -3.75. The Morgan fingerprint density at radius 1 is 1.27 bits per heavy atom. The molecule has 1 rings (SSSR count). The molecule has 22 heavy (non-hydrogen) atoms. The van der Waals surface area contributed by atoms with Crippen LogP contribution in [0, 0.1) is 5.92 Å². The van der Waals surface area contributed by atoms with Crippen LogP contribution in [0.4, 0.5) is 13.2 Å². The van der Waals surface area contributed by atoms with Gasteiger partial charge in [0.25, 0.3) is 0 Å². The molecule has 0 spiro atoms. The molecule has 0 aliphatic carbocycles. The lowest BCUT2D eigenvalue weighted by Gasteiger charge is -2.21. The van der Waals surface area contributed by atoms with Crippen LogP contribution in [-0.2, 0) is 4.79 Å². The van der Waals surface area contributed by atoms with Crippen LogP contribution in [0.3, 0.4) is 0 Å². The second-order valence-corrected chi connectivity index (χ2v) is 5.29. The largest absolute Gasteiger partial charge is 0.417 e. The Bertz CT molecular complexity index is 510. The molecule has 1 aromatic carbocycles. The summed E-state index contributed by atoms with van der Waals surface area (Å²) in [6.45, 7) is 3.51. The van der Waals surface area contributed by atoms with E-state index in [9.17, 15) is 18.0 Å². The number of nitrogens with one attached hydrogen (secondary N) is 1. The second-order valence-electron chi connectivity index (χ2n) is 5.29. The molecular weight excluding hydrogens is 295 g/mol. The van der Waals surface area contributed by atoms with E-state index in [0.717, 1.165) is 0 Å². The molecule has 2 N–H and O–H groups in total. The lowest BCUT2D eigenvalue weighted by molar-refractivity contribution is -0.118. The van der Waals surface area contributed by atoms with E-state index in [1.165, 1.54) is 24.3 Å². The first kappa shape index (κ1) is 18.2. The van der Waals surface area contributed by atoms with Crippen molar-refractivity contribution in [2.45, 2.75) is 32.5 Å². The van der Waals surface area contributed by atoms with Crippen molar-refractivity contribution in [2.75, 3.05) is 6.61 Å². The summed E-state index contributed by atoms with van der Waals surface area (Å²) in [4.78, 5) is 11.9. The maximum absolute atomic E-state index is 13.1. The van der Waals surface area contributed by atoms with Crippen molar-refractivity contribution in [3.63, 3.8) is 0 Å². The van der Waals surface area contributed by atoms with Crippen LogP contribution < -0.4 is 5.32 Å². The maximum Gasteiger partial charge on any atom is 0.417 e. The molecule has 1 unspecified atom stereocenters. The van der Waals surface area contributed by atoms with Crippen molar-refractivity contribution >= 4 is 11.5 Å². The molecule has 3 nitrogen and oxygen atoms in total. The van der Waals surface area contributed by atoms with Gasteiger partial charge in [-0.15, -0.1) is 0 Å². The SMILES string of the molecule is CC(C)C(CCO)NC(=O)/C=C(/c1ccccc1)C(F)(F)F. The van der Waals surface area contributed by atoms with Crippen LogP contribution in [-0.4, -0.2) is 29.8 Å². The number of aliphatic hydroxyl groups is 1. The molecule has 0 aliphatic rings. The quantitative estimate of drug-likeness (QED) is 0.792. The Labute approximate surface area is 127 Å². The highest BCUT2D eigenvalue weighted by Crippen LogP contribution is 2.33. The highest BCUT2D eigenvalue weighted by Gasteiger charge is 2.35. The molecule has 0 fully saturated rings. The Balaban J connectivity index is 3.00. The molecule has 6 heteroatoms. The predicted octanol–water partition coefficient (Wildman–Crippen LogP) is 3.16. The normalized spacial score (nSPS) is 14.0. The number of hydrogen-bond acceptors (Lipinski definition) is 2. The van der Waals surface area contributed by atoms with E-state index in [-0.39, 0.29) is 24.1 Å². The van der Waals surface area contributed by atoms with E-state index in [2.05, 4.69) is 5.32 Å². The van der Waals surface area contributed by atoms with Crippen LogP contribution >= 0.6 is 0 Å². The number of rotatable bonds is 6. The summed E-state index contributed by atoms with van der Waals surface area (Å²) in [5, 5.41) is 11.5. The van der Waals surface area contributed by atoms with Crippen LogP contribution in [0.2, 0.25) is 0 Å². The summed E-state index contributed by atoms with van der Waals surface area (Å²) < 4.78 is 39.4. The molecule has 1 aromatic rings. The Morgan fingerprint density at radius 2 is 1.86 bits per heavy atom. The Kier molecular flexibility index (Phi) is 6.61. The van der Waals surface area contributed by atoms with Crippen molar-refractivity contribution < 1.29 is 23.1 Å². The summed E-state index contributed by atoms with van der Waals surface area (Å²) in [5.41, 5.74) is -1.05. The highest BCUT2D eigenvalue weighted by molar-refractivity contribution is 5.96. The first-order valence-corrected chi connectivity index (χ1v) is 7.01. The monoisotopic (exact) mass is 315 g/mol. The average Bonchev–Trinajstić information content (AvgIpc) is 2.44. The molecule has 0 saturated heterocycles. The smallest absolute Gasteiger partial charge is 0.396 e. The third-order valence-corrected chi connectivity index (χ3v) is 3.24. The van der Waals surface area contributed by atoms with Gasteiger partial charge in [-0.05, 0) is 17.9 Å². The number of carbonyl (C=O) groups is 1. The third kappa shape index (κ3) is 5.52. The average molecular weight is 315 g/mol. The molecule has 1 atom stereocenters. The predicted molar refractivity (Wildman–Crippen MR) is 78.9 cm³/mol. The van der Waals surface area contributed by atoms with Gasteiger partial charge >= 0.3 is 6.18 Å². The number of aliphatic hydroxyl groups excluding tert-OH is 1. The first-order valence-electron chi connectivity index (χ1n) is 7.01. The van der Waals surface area contributed by atoms with Crippen molar-refractivity contribution in [3.05, 3.63) is 42.0 Å². The number of amides is 1. The lowest BCUT2D eigenvalue weighted by atomic mass is 10.0. The fourth-order valence-corrected chi connectivity index (χ4v) is 2.01. The molecular formula is C16H20F3NO2. The summed E-state index contributed by atoms with van der Waals surface area (Å²) in [7, 11) is 0. The van der Waals surface area contributed by atoms with Crippen molar-refractivity contribution in [1.82, 2.24) is 5.32 Å². The summed E-state index contributed by atoms with van der Waals surface area (Å²) in [6, 6.07) is 6.80. The van der Waals surface area contributed by atoms with Crippen molar-refractivity contribution in [3.8, 4) is 0 Å². The Hall–Kier alpha value is -1.82. The fraction of sp³-hybridized carbons (Fsp3) is 0.438. The van der Waals surface area contributed by atoms with Crippen LogP contribution in [0.5, 0.6) is 0 Å². The minimum atomic E-state index is -4.62. The van der Waals surface area contributed by atoms with E-state index in [4.69, 9.17) is 5.11 Å². The minimum absolute atomic E-state index is 0.00978. The minimum Gasteiger partial charge on any atom is -0.396 e. The number of benzene rings is 1. The number of halogens is 3. The zero-order chi connectivity index (χ0) is 16.8. The number of allylic oxidation sites excluding steroid dienone is 1. The van der Waals surface area contributed by atoms with E-state index in [1.807, 2.05) is 13.8 Å². The molecule has 0 radical (unpaired) electrons. The van der Waals surface area contributed by atoms with E-state index in [0.29, 0.717) is 12.5 Å². The van der Waals surface area contributed by atoms with E-state index >= 15 is 0 Å². The molecule has 0 saturated carbocycles. The third-order valence-electron chi connectivity index (χ3n) is 3.24. The van der Waals surface area contributed by atoms with Gasteiger partial charge in [-0.2, -0.15) is 13.2 Å². The first-order chi connectivity index (χ1) is 10.3. The zero-order valence-corrected chi connectivity index (χ0v) is 12.5. The van der Waals surface area contributed by atoms with E-state index in [1.54, 1.807) is 6.07 Å². The van der Waals surface area contributed by atoms with Gasteiger partial charge in [0.2, 0.25) is 5.91 Å². The van der Waals surface area contributed by atoms with Crippen LogP contribution in [0.1, 0.15) is 25.8 Å². The highest BCUT2D eigenvalue weighted by atomic mass is 19.4. The van der Waals surface area contributed by atoms with Gasteiger partial charge in [-0.1, -0.05) is 44.2 Å². The maximum atomic E-state index is 13.1. The van der Waals surface area contributed by atoms with Gasteiger partial charge in [0.05, 0.1) is 5.57 Å². The van der Waals surface area contributed by atoms with Gasteiger partial charge < -0.3 is 10.4 Å². The number of carbonyl (C=O) groups excluding carboxylic acids is 1. The number of hydrogen-bond donors (Lipinski definition) is 2. The summed E-state index contributed by atoms with van der Waals surface area (Å²) in [5.74, 6) is -0.807. The van der Waals surface area contributed by atoms with Crippen molar-refractivity contribution in [1.29, 1.82) is 0 Å². The Morgan fingerprint density at radius 3 is 2.32 bits per heavy atom. The second kappa shape index (κ2) is 7.98. The zero-order valence-electron chi connectivity index (χ0n) is 12.5.